The highest BCUT2D eigenvalue weighted by Crippen LogP contribution is 2.25. The normalized spacial score (nSPS) is 10.8. The summed E-state index contributed by atoms with van der Waals surface area (Å²) in [6.45, 7) is 0. The van der Waals surface area contributed by atoms with Gasteiger partial charge in [-0.05, 0) is 24.4 Å². The molecule has 1 aromatic heterocycles. The molecule has 0 amide bonds. The van der Waals surface area contributed by atoms with Gasteiger partial charge in [0, 0.05) is 12.1 Å². The summed E-state index contributed by atoms with van der Waals surface area (Å²) in [6.07, 6.45) is 0. The Bertz CT molecular complexity index is 966. The number of nitrogens with one attached hydrogen (secondary N) is 1. The molecule has 0 saturated heterocycles. The second-order valence-electron chi connectivity index (χ2n) is 4.29. The van der Waals surface area contributed by atoms with Crippen LogP contribution in [0.1, 0.15) is 5.56 Å². The maximum absolute atomic E-state index is 13.9. The third-order valence-corrected chi connectivity index (χ3v) is 3.35. The number of imidazole rings is 1. The van der Waals surface area contributed by atoms with E-state index in [9.17, 15) is 13.2 Å². The number of halogens is 3. The van der Waals surface area contributed by atoms with Crippen molar-refractivity contribution in [3.8, 4) is 11.8 Å². The maximum Gasteiger partial charge on any atom is 0.182 e. The lowest BCUT2D eigenvalue weighted by Crippen LogP contribution is -2.00. The topological polar surface area (TPSA) is 44.5 Å². The van der Waals surface area contributed by atoms with Gasteiger partial charge in [-0.2, -0.15) is 5.26 Å². The van der Waals surface area contributed by atoms with E-state index in [0.717, 1.165) is 6.07 Å². The molecule has 0 saturated carbocycles. The number of nitriles is 1. The van der Waals surface area contributed by atoms with E-state index in [-0.39, 0.29) is 10.5 Å². The summed E-state index contributed by atoms with van der Waals surface area (Å²) in [4.78, 5) is 2.78. The van der Waals surface area contributed by atoms with Crippen molar-refractivity contribution >= 4 is 23.3 Å². The first kappa shape index (κ1) is 13.4. The molecule has 0 bridgehead atoms. The number of hydrogen-bond acceptors (Lipinski definition) is 2. The molecule has 2 aromatic carbocycles. The van der Waals surface area contributed by atoms with Crippen LogP contribution in [0.3, 0.4) is 0 Å². The molecule has 0 aliphatic rings. The van der Waals surface area contributed by atoms with Crippen LogP contribution in [0.25, 0.3) is 16.7 Å². The second kappa shape index (κ2) is 4.75. The smallest absolute Gasteiger partial charge is 0.182 e. The zero-order chi connectivity index (χ0) is 15.1. The number of aromatic amines is 1. The highest BCUT2D eigenvalue weighted by Gasteiger charge is 2.16. The van der Waals surface area contributed by atoms with Gasteiger partial charge in [-0.1, -0.05) is 6.07 Å². The summed E-state index contributed by atoms with van der Waals surface area (Å²) in [7, 11) is 0. The van der Waals surface area contributed by atoms with Crippen LogP contribution in [-0.2, 0) is 0 Å². The Morgan fingerprint density at radius 2 is 1.81 bits per heavy atom. The van der Waals surface area contributed by atoms with Gasteiger partial charge < -0.3 is 4.98 Å². The average molecular weight is 305 g/mol. The van der Waals surface area contributed by atoms with Crippen LogP contribution in [0.5, 0.6) is 0 Å². The molecule has 0 atom stereocenters. The summed E-state index contributed by atoms with van der Waals surface area (Å²) >= 11 is 5.09. The van der Waals surface area contributed by atoms with E-state index in [0.29, 0.717) is 22.7 Å². The molecule has 0 spiro atoms. The van der Waals surface area contributed by atoms with E-state index in [4.69, 9.17) is 17.5 Å². The third kappa shape index (κ3) is 2.00. The predicted octanol–water partition coefficient (Wildman–Crippen LogP) is 3.98. The highest BCUT2D eigenvalue weighted by molar-refractivity contribution is 7.71. The van der Waals surface area contributed by atoms with Gasteiger partial charge in [-0.15, -0.1) is 0 Å². The summed E-state index contributed by atoms with van der Waals surface area (Å²) in [5.74, 6) is -3.41. The van der Waals surface area contributed by atoms with E-state index >= 15 is 0 Å². The maximum atomic E-state index is 13.9. The van der Waals surface area contributed by atoms with Crippen LogP contribution in [0, 0.1) is 33.6 Å². The van der Waals surface area contributed by atoms with Gasteiger partial charge >= 0.3 is 0 Å². The molecule has 1 heterocycles. The van der Waals surface area contributed by atoms with Gasteiger partial charge in [0.2, 0.25) is 0 Å². The quantitative estimate of drug-likeness (QED) is 0.546. The monoisotopic (exact) mass is 305 g/mol. The zero-order valence-corrected chi connectivity index (χ0v) is 11.1. The lowest BCUT2D eigenvalue weighted by Gasteiger charge is -2.07. The number of rotatable bonds is 1. The number of nitrogens with zero attached hydrogens (tertiary/aromatic N) is 2. The number of benzene rings is 2. The molecule has 7 heteroatoms. The molecule has 1 N–H and O–H groups in total. The molecule has 104 valence electrons. The standard InChI is InChI=1S/C14H6F3N3S/c15-8-4-10(17)12(5-9(8)16)20-11-3-1-2-7(6-18)13(11)19-14(20)21/h1-5H,(H,19,21). The molecular formula is C14H6F3N3S. The number of hydrogen-bond donors (Lipinski definition) is 1. The molecule has 3 nitrogen and oxygen atoms in total. The van der Waals surface area contributed by atoms with Crippen molar-refractivity contribution in [2.24, 2.45) is 0 Å². The van der Waals surface area contributed by atoms with Gasteiger partial charge in [-0.25, -0.2) is 13.2 Å². The van der Waals surface area contributed by atoms with Crippen LogP contribution in [0.4, 0.5) is 13.2 Å². The third-order valence-electron chi connectivity index (χ3n) is 3.07. The Morgan fingerprint density at radius 3 is 2.52 bits per heavy atom. The van der Waals surface area contributed by atoms with Gasteiger partial charge in [0.1, 0.15) is 11.9 Å². The van der Waals surface area contributed by atoms with E-state index in [1.807, 2.05) is 6.07 Å². The van der Waals surface area contributed by atoms with E-state index < -0.39 is 17.5 Å². The van der Waals surface area contributed by atoms with Gasteiger partial charge in [0.05, 0.1) is 22.3 Å². The minimum atomic E-state index is -1.28. The van der Waals surface area contributed by atoms with Crippen LogP contribution in [0.2, 0.25) is 0 Å². The highest BCUT2D eigenvalue weighted by atomic mass is 32.1. The molecule has 3 aromatic rings. The minimum Gasteiger partial charge on any atom is -0.329 e. The molecule has 21 heavy (non-hydrogen) atoms. The van der Waals surface area contributed by atoms with E-state index in [1.54, 1.807) is 18.2 Å². The van der Waals surface area contributed by atoms with Crippen molar-refractivity contribution in [2.75, 3.05) is 0 Å². The largest absolute Gasteiger partial charge is 0.329 e. The summed E-state index contributed by atoms with van der Waals surface area (Å²) < 4.78 is 41.6. The van der Waals surface area contributed by atoms with Gasteiger partial charge in [-0.3, -0.25) is 4.57 Å². The fourth-order valence-corrected chi connectivity index (χ4v) is 2.44. The Labute approximate surface area is 121 Å². The van der Waals surface area contributed by atoms with E-state index in [2.05, 4.69) is 4.98 Å². The molecule has 3 rings (SSSR count). The molecule has 0 unspecified atom stereocenters. The summed E-state index contributed by atoms with van der Waals surface area (Å²) in [5, 5.41) is 9.04. The minimum absolute atomic E-state index is 0.0811. The number of aromatic nitrogens is 2. The lowest BCUT2D eigenvalue weighted by molar-refractivity contribution is 0.493. The van der Waals surface area contributed by atoms with E-state index in [1.165, 1.54) is 4.57 Å². The molecule has 0 fully saturated rings. The fraction of sp³-hybridized carbons (Fsp3) is 0. The van der Waals surface area contributed by atoms with Crippen LogP contribution >= 0.6 is 12.2 Å². The van der Waals surface area contributed by atoms with Crippen LogP contribution in [-0.4, -0.2) is 9.55 Å². The average Bonchev–Trinajstić information content (AvgIpc) is 2.79. The van der Waals surface area contributed by atoms with Gasteiger partial charge in [0.25, 0.3) is 0 Å². The lowest BCUT2D eigenvalue weighted by atomic mass is 10.2. The summed E-state index contributed by atoms with van der Waals surface area (Å²) in [6, 6.07) is 7.93. The van der Waals surface area contributed by atoms with Crippen molar-refractivity contribution < 1.29 is 13.2 Å². The molecule has 0 aliphatic carbocycles. The second-order valence-corrected chi connectivity index (χ2v) is 4.68. The van der Waals surface area contributed by atoms with Crippen molar-refractivity contribution in [3.63, 3.8) is 0 Å². The number of para-hydroxylation sites is 1. The van der Waals surface area contributed by atoms with Crippen LogP contribution < -0.4 is 0 Å². The van der Waals surface area contributed by atoms with Crippen molar-refractivity contribution in [3.05, 3.63) is 58.1 Å². The van der Waals surface area contributed by atoms with Crippen LogP contribution in [0.15, 0.2) is 30.3 Å². The Hall–Kier alpha value is -2.59. The Kier molecular flexibility index (Phi) is 3.03. The van der Waals surface area contributed by atoms with Gasteiger partial charge in [0.15, 0.2) is 16.4 Å². The first-order chi connectivity index (χ1) is 10.0. The molecule has 0 aliphatic heterocycles. The van der Waals surface area contributed by atoms with Crippen molar-refractivity contribution in [2.45, 2.75) is 0 Å². The van der Waals surface area contributed by atoms with Crippen molar-refractivity contribution in [1.82, 2.24) is 9.55 Å². The number of H-pyrrole nitrogens is 1. The zero-order valence-electron chi connectivity index (χ0n) is 10.3. The first-order valence-corrected chi connectivity index (χ1v) is 6.22. The summed E-state index contributed by atoms with van der Waals surface area (Å²) in [5.41, 5.74) is 0.915. The first-order valence-electron chi connectivity index (χ1n) is 5.81. The Balaban J connectivity index is 2.42. The van der Waals surface area contributed by atoms with Crippen molar-refractivity contribution in [1.29, 1.82) is 5.26 Å². The Morgan fingerprint density at radius 1 is 1.10 bits per heavy atom. The molecular weight excluding hydrogens is 299 g/mol. The number of fused-ring (bicyclic) bond motifs is 1. The predicted molar refractivity (Wildman–Crippen MR) is 73.0 cm³/mol. The molecule has 0 radical (unpaired) electrons. The fourth-order valence-electron chi connectivity index (χ4n) is 2.15. The SMILES string of the molecule is N#Cc1cccc2c1[nH]c(=S)n2-c1cc(F)c(F)cc1F.